The number of benzene rings is 2. The monoisotopic (exact) mass is 428 g/mol. The molecule has 0 aliphatic rings. The molecule has 0 heterocycles. The zero-order chi connectivity index (χ0) is 20.9. The largest absolute Gasteiger partial charge is 0.362 e. The Morgan fingerprint density at radius 1 is 0.862 bits per heavy atom. The molecule has 29 heavy (non-hydrogen) atoms. The molecular formula is C21H24N4O2S2. The highest BCUT2D eigenvalue weighted by atomic mass is 32.1. The van der Waals surface area contributed by atoms with Crippen molar-refractivity contribution in [2.24, 2.45) is 0 Å². The van der Waals surface area contributed by atoms with Crippen molar-refractivity contribution >= 4 is 52.7 Å². The fourth-order valence-electron chi connectivity index (χ4n) is 2.53. The summed E-state index contributed by atoms with van der Waals surface area (Å²) in [4.78, 5) is 24.7. The SMILES string of the molecule is O=CN(C(=S)NCCCCCNC(=S)NC(=O)c1ccccc1)c1ccccc1. The van der Waals surface area contributed by atoms with Gasteiger partial charge in [-0.05, 0) is 68.0 Å². The third-order valence-corrected chi connectivity index (χ3v) is 4.62. The maximum absolute atomic E-state index is 12.0. The summed E-state index contributed by atoms with van der Waals surface area (Å²) < 4.78 is 0. The highest BCUT2D eigenvalue weighted by molar-refractivity contribution is 7.80. The van der Waals surface area contributed by atoms with E-state index in [0.717, 1.165) is 24.9 Å². The van der Waals surface area contributed by atoms with E-state index in [0.29, 0.717) is 35.3 Å². The Labute approximate surface area is 181 Å². The van der Waals surface area contributed by atoms with E-state index >= 15 is 0 Å². The predicted octanol–water partition coefficient (Wildman–Crippen LogP) is 3.00. The van der Waals surface area contributed by atoms with Crippen molar-refractivity contribution in [3.05, 3.63) is 66.2 Å². The van der Waals surface area contributed by atoms with E-state index in [4.69, 9.17) is 24.4 Å². The van der Waals surface area contributed by atoms with Gasteiger partial charge in [0.25, 0.3) is 5.91 Å². The van der Waals surface area contributed by atoms with E-state index in [1.165, 1.54) is 4.90 Å². The molecule has 0 aliphatic heterocycles. The van der Waals surface area contributed by atoms with Crippen LogP contribution in [0.15, 0.2) is 60.7 Å². The Morgan fingerprint density at radius 3 is 2.07 bits per heavy atom. The lowest BCUT2D eigenvalue weighted by Crippen LogP contribution is -2.40. The third-order valence-electron chi connectivity index (χ3n) is 4.04. The topological polar surface area (TPSA) is 73.5 Å². The first kappa shape index (κ1) is 22.4. The third kappa shape index (κ3) is 7.97. The number of amides is 2. The van der Waals surface area contributed by atoms with Gasteiger partial charge < -0.3 is 10.6 Å². The lowest BCUT2D eigenvalue weighted by atomic mass is 10.2. The number of unbranched alkanes of at least 4 members (excludes halogenated alkanes) is 2. The van der Waals surface area contributed by atoms with Gasteiger partial charge in [0.2, 0.25) is 6.41 Å². The minimum atomic E-state index is -0.223. The maximum Gasteiger partial charge on any atom is 0.257 e. The lowest BCUT2D eigenvalue weighted by molar-refractivity contribution is -0.106. The fourth-order valence-corrected chi connectivity index (χ4v) is 2.98. The molecule has 0 aliphatic carbocycles. The van der Waals surface area contributed by atoms with Gasteiger partial charge in [-0.15, -0.1) is 0 Å². The maximum atomic E-state index is 12.0. The summed E-state index contributed by atoms with van der Waals surface area (Å²) in [7, 11) is 0. The number of carbonyl (C=O) groups is 2. The lowest BCUT2D eigenvalue weighted by Gasteiger charge is -2.19. The normalized spacial score (nSPS) is 9.93. The van der Waals surface area contributed by atoms with Gasteiger partial charge in [-0.1, -0.05) is 36.4 Å². The number of hydrogen-bond acceptors (Lipinski definition) is 4. The molecule has 2 aromatic rings. The first-order valence-electron chi connectivity index (χ1n) is 9.33. The smallest absolute Gasteiger partial charge is 0.257 e. The van der Waals surface area contributed by atoms with E-state index < -0.39 is 0 Å². The highest BCUT2D eigenvalue weighted by Crippen LogP contribution is 2.11. The van der Waals surface area contributed by atoms with E-state index in [9.17, 15) is 9.59 Å². The van der Waals surface area contributed by atoms with Gasteiger partial charge in [0.05, 0.1) is 5.69 Å². The number of thiocarbonyl (C=S) groups is 2. The molecule has 0 atom stereocenters. The average molecular weight is 429 g/mol. The number of para-hydroxylation sites is 1. The molecule has 0 radical (unpaired) electrons. The Bertz CT molecular complexity index is 816. The van der Waals surface area contributed by atoms with Crippen molar-refractivity contribution in [1.29, 1.82) is 0 Å². The molecule has 6 nitrogen and oxygen atoms in total. The molecule has 0 unspecified atom stereocenters. The fraction of sp³-hybridized carbons (Fsp3) is 0.238. The van der Waals surface area contributed by atoms with E-state index in [1.807, 2.05) is 36.4 Å². The summed E-state index contributed by atoms with van der Waals surface area (Å²) in [6.07, 6.45) is 3.45. The van der Waals surface area contributed by atoms with Crippen LogP contribution in [0, 0.1) is 0 Å². The van der Waals surface area contributed by atoms with Crippen LogP contribution in [0.2, 0.25) is 0 Å². The van der Waals surface area contributed by atoms with Crippen LogP contribution in [0.25, 0.3) is 0 Å². The van der Waals surface area contributed by atoms with Crippen LogP contribution < -0.4 is 20.9 Å². The van der Waals surface area contributed by atoms with Crippen LogP contribution in [-0.4, -0.2) is 35.6 Å². The Balaban J connectivity index is 1.56. The predicted molar refractivity (Wildman–Crippen MR) is 124 cm³/mol. The van der Waals surface area contributed by atoms with E-state index in [-0.39, 0.29) is 5.91 Å². The van der Waals surface area contributed by atoms with Gasteiger partial charge >= 0.3 is 0 Å². The summed E-state index contributed by atoms with van der Waals surface area (Å²) in [5, 5.41) is 9.50. The second-order valence-corrected chi connectivity index (χ2v) is 6.97. The molecule has 0 aromatic heterocycles. The van der Waals surface area contributed by atoms with Crippen LogP contribution in [0.5, 0.6) is 0 Å². The van der Waals surface area contributed by atoms with Crippen molar-refractivity contribution in [3.63, 3.8) is 0 Å². The summed E-state index contributed by atoms with van der Waals surface area (Å²) in [5.41, 5.74) is 1.30. The summed E-state index contributed by atoms with van der Waals surface area (Å²) in [6, 6.07) is 18.2. The van der Waals surface area contributed by atoms with Gasteiger partial charge in [0.15, 0.2) is 10.2 Å². The van der Waals surface area contributed by atoms with Crippen molar-refractivity contribution in [2.45, 2.75) is 19.3 Å². The summed E-state index contributed by atoms with van der Waals surface area (Å²) in [5.74, 6) is -0.223. The molecule has 0 saturated heterocycles. The number of rotatable bonds is 9. The molecule has 3 N–H and O–H groups in total. The Hall–Kier alpha value is -2.84. The second kappa shape index (κ2) is 12.6. The van der Waals surface area contributed by atoms with E-state index in [2.05, 4.69) is 16.0 Å². The Morgan fingerprint density at radius 2 is 1.45 bits per heavy atom. The molecule has 0 saturated carbocycles. The highest BCUT2D eigenvalue weighted by Gasteiger charge is 2.10. The zero-order valence-electron chi connectivity index (χ0n) is 16.0. The molecule has 2 aromatic carbocycles. The van der Waals surface area contributed by atoms with Crippen LogP contribution in [0.3, 0.4) is 0 Å². The molecule has 2 amide bonds. The molecule has 0 bridgehead atoms. The minimum Gasteiger partial charge on any atom is -0.362 e. The van der Waals surface area contributed by atoms with Gasteiger partial charge in [0.1, 0.15) is 0 Å². The zero-order valence-corrected chi connectivity index (χ0v) is 17.6. The molecule has 152 valence electrons. The molecule has 0 spiro atoms. The first-order valence-corrected chi connectivity index (χ1v) is 10.1. The number of hydrogen-bond donors (Lipinski definition) is 3. The second-order valence-electron chi connectivity index (χ2n) is 6.18. The van der Waals surface area contributed by atoms with Crippen molar-refractivity contribution < 1.29 is 9.59 Å². The number of nitrogens with one attached hydrogen (secondary N) is 3. The molecule has 2 rings (SSSR count). The van der Waals surface area contributed by atoms with Crippen molar-refractivity contribution in [2.75, 3.05) is 18.0 Å². The number of anilines is 1. The van der Waals surface area contributed by atoms with Crippen molar-refractivity contribution in [1.82, 2.24) is 16.0 Å². The number of nitrogens with zero attached hydrogens (tertiary/aromatic N) is 1. The van der Waals surface area contributed by atoms with Crippen molar-refractivity contribution in [3.8, 4) is 0 Å². The summed E-state index contributed by atoms with van der Waals surface area (Å²) >= 11 is 10.4. The van der Waals surface area contributed by atoms with Crippen LogP contribution in [0.1, 0.15) is 29.6 Å². The molecule has 8 heteroatoms. The van der Waals surface area contributed by atoms with Crippen LogP contribution in [0.4, 0.5) is 5.69 Å². The van der Waals surface area contributed by atoms with Gasteiger partial charge in [-0.3, -0.25) is 19.8 Å². The van der Waals surface area contributed by atoms with Crippen LogP contribution in [-0.2, 0) is 4.79 Å². The van der Waals surface area contributed by atoms with Gasteiger partial charge in [0, 0.05) is 18.7 Å². The number of carbonyl (C=O) groups excluding carboxylic acids is 2. The minimum absolute atomic E-state index is 0.223. The molecule has 0 fully saturated rings. The van der Waals surface area contributed by atoms with E-state index in [1.54, 1.807) is 24.3 Å². The molecular weight excluding hydrogens is 404 g/mol. The quantitative estimate of drug-likeness (QED) is 0.324. The van der Waals surface area contributed by atoms with Gasteiger partial charge in [-0.25, -0.2) is 0 Å². The standard InChI is InChI=1S/C21H24N4O2S2/c26-16-25(18-12-6-2-7-13-18)21(29)23-15-9-3-8-14-22-20(28)24-19(27)17-10-4-1-5-11-17/h1-2,4-7,10-13,16H,3,8-9,14-15H2,(H,23,29)(H2,22,24,27,28). The van der Waals surface area contributed by atoms with Crippen LogP contribution >= 0.6 is 24.4 Å². The average Bonchev–Trinajstić information content (AvgIpc) is 2.75. The van der Waals surface area contributed by atoms with Gasteiger partial charge in [-0.2, -0.15) is 0 Å². The Kier molecular flexibility index (Phi) is 9.74. The first-order chi connectivity index (χ1) is 14.1. The summed E-state index contributed by atoms with van der Waals surface area (Å²) in [6.45, 7) is 1.34.